The number of aromatic nitrogens is 2. The number of nitrogen functional groups attached to an aromatic ring is 2. The summed E-state index contributed by atoms with van der Waals surface area (Å²) in [5.74, 6) is 12.0. The van der Waals surface area contributed by atoms with Crippen LogP contribution in [-0.4, -0.2) is 16.2 Å². The molecule has 0 aliphatic rings. The third-order valence-electron chi connectivity index (χ3n) is 2.37. The van der Waals surface area contributed by atoms with Gasteiger partial charge in [0.1, 0.15) is 11.6 Å². The lowest BCUT2D eigenvalue weighted by Gasteiger charge is -2.09. The minimum Gasteiger partial charge on any atom is -0.324 e. The van der Waals surface area contributed by atoms with E-state index < -0.39 is 0 Å². The molecule has 100 valence electrons. The van der Waals surface area contributed by atoms with E-state index in [0.29, 0.717) is 17.6 Å². The Hall–Kier alpha value is -2.03. The van der Waals surface area contributed by atoms with Crippen LogP contribution in [0.2, 0.25) is 0 Å². The topological polar surface area (TPSA) is 114 Å². The molecule has 1 aromatic carbocycles. The van der Waals surface area contributed by atoms with Crippen LogP contribution in [0.5, 0.6) is 0 Å². The highest BCUT2D eigenvalue weighted by atomic mass is 32.2. The Bertz CT molecular complexity index is 521. The number of nitrogens with one attached hydrogen (secondary N) is 3. The Morgan fingerprint density at radius 2 is 1.58 bits per heavy atom. The van der Waals surface area contributed by atoms with Crippen molar-refractivity contribution < 1.29 is 0 Å². The van der Waals surface area contributed by atoms with Gasteiger partial charge in [-0.3, -0.25) is 0 Å². The summed E-state index contributed by atoms with van der Waals surface area (Å²) in [5, 5.41) is 3.08. The van der Waals surface area contributed by atoms with Crippen LogP contribution in [0, 0.1) is 0 Å². The molecule has 2 aromatic rings. The van der Waals surface area contributed by atoms with Gasteiger partial charge >= 0.3 is 0 Å². The number of hydrazine groups is 2. The molecule has 0 amide bonds. The lowest BCUT2D eigenvalue weighted by Crippen LogP contribution is -2.14. The number of nitrogens with two attached hydrogens (primary N) is 2. The van der Waals surface area contributed by atoms with Crippen molar-refractivity contribution in [3.05, 3.63) is 30.3 Å². The minimum absolute atomic E-state index is 0.403. The molecule has 0 aliphatic carbocycles. The van der Waals surface area contributed by atoms with Crippen molar-refractivity contribution in [1.82, 2.24) is 9.97 Å². The summed E-state index contributed by atoms with van der Waals surface area (Å²) in [4.78, 5) is 9.55. The van der Waals surface area contributed by atoms with Crippen molar-refractivity contribution in [2.24, 2.45) is 11.7 Å². The fourth-order valence-electron chi connectivity index (χ4n) is 1.45. The van der Waals surface area contributed by atoms with Gasteiger partial charge in [0.25, 0.3) is 0 Å². The first-order chi connectivity index (χ1) is 9.25. The molecular formula is C11H15N7S. The normalized spacial score (nSPS) is 10.1. The standard InChI is InChI=1S/C11H15N7S/c1-19-8-4-2-7(3-5-8)14-11-15-9(17-12)6-10(16-11)18-13/h2-6H,12-13H2,1H3,(H3,14,15,16,17,18). The summed E-state index contributed by atoms with van der Waals surface area (Å²) in [5.41, 5.74) is 5.80. The van der Waals surface area contributed by atoms with Crippen LogP contribution >= 0.6 is 11.8 Å². The van der Waals surface area contributed by atoms with Crippen LogP contribution in [-0.2, 0) is 0 Å². The highest BCUT2D eigenvalue weighted by Crippen LogP contribution is 2.20. The third-order valence-corrected chi connectivity index (χ3v) is 3.11. The Balaban J connectivity index is 2.21. The van der Waals surface area contributed by atoms with E-state index in [2.05, 4.69) is 26.1 Å². The fraction of sp³-hybridized carbons (Fsp3) is 0.0909. The summed E-state index contributed by atoms with van der Waals surface area (Å²) in [7, 11) is 0. The maximum Gasteiger partial charge on any atom is 0.231 e. The molecule has 0 radical (unpaired) electrons. The van der Waals surface area contributed by atoms with Crippen molar-refractivity contribution in [3.63, 3.8) is 0 Å². The molecule has 0 saturated carbocycles. The first-order valence-electron chi connectivity index (χ1n) is 5.48. The summed E-state index contributed by atoms with van der Waals surface area (Å²) in [6.07, 6.45) is 2.03. The first kappa shape index (κ1) is 13.4. The highest BCUT2D eigenvalue weighted by molar-refractivity contribution is 7.98. The average Bonchev–Trinajstić information content (AvgIpc) is 2.47. The number of hydrogen-bond acceptors (Lipinski definition) is 8. The van der Waals surface area contributed by atoms with Crippen molar-refractivity contribution in [3.8, 4) is 0 Å². The van der Waals surface area contributed by atoms with E-state index in [-0.39, 0.29) is 0 Å². The van der Waals surface area contributed by atoms with E-state index in [0.717, 1.165) is 5.69 Å². The molecule has 8 heteroatoms. The summed E-state index contributed by atoms with van der Waals surface area (Å²) in [6.45, 7) is 0. The lowest BCUT2D eigenvalue weighted by atomic mass is 10.3. The predicted molar refractivity (Wildman–Crippen MR) is 79.2 cm³/mol. The van der Waals surface area contributed by atoms with Gasteiger partial charge in [-0.15, -0.1) is 11.8 Å². The van der Waals surface area contributed by atoms with Gasteiger partial charge in [0.2, 0.25) is 5.95 Å². The largest absolute Gasteiger partial charge is 0.324 e. The Kier molecular flexibility index (Phi) is 4.39. The molecule has 19 heavy (non-hydrogen) atoms. The molecule has 2 rings (SSSR count). The molecule has 0 atom stereocenters. The Morgan fingerprint density at radius 1 is 1.00 bits per heavy atom. The second-order valence-electron chi connectivity index (χ2n) is 3.60. The molecule has 0 fully saturated rings. The van der Waals surface area contributed by atoms with E-state index in [1.165, 1.54) is 4.90 Å². The van der Waals surface area contributed by atoms with Crippen LogP contribution in [0.4, 0.5) is 23.3 Å². The molecule has 1 heterocycles. The van der Waals surface area contributed by atoms with Crippen LogP contribution in [0.25, 0.3) is 0 Å². The van der Waals surface area contributed by atoms with E-state index in [9.17, 15) is 0 Å². The Labute approximate surface area is 115 Å². The molecule has 0 unspecified atom stereocenters. The number of rotatable bonds is 5. The van der Waals surface area contributed by atoms with Gasteiger partial charge in [0.15, 0.2) is 0 Å². The molecule has 0 bridgehead atoms. The highest BCUT2D eigenvalue weighted by Gasteiger charge is 2.03. The maximum atomic E-state index is 5.33. The van der Waals surface area contributed by atoms with E-state index in [1.807, 2.05) is 30.5 Å². The summed E-state index contributed by atoms with van der Waals surface area (Å²) in [6, 6.07) is 9.53. The molecule has 0 saturated heterocycles. The monoisotopic (exact) mass is 277 g/mol. The zero-order valence-corrected chi connectivity index (χ0v) is 11.2. The number of anilines is 4. The zero-order chi connectivity index (χ0) is 13.7. The van der Waals surface area contributed by atoms with Crippen molar-refractivity contribution >= 4 is 35.0 Å². The molecule has 7 N–H and O–H groups in total. The van der Waals surface area contributed by atoms with E-state index in [4.69, 9.17) is 11.7 Å². The number of thioether (sulfide) groups is 1. The van der Waals surface area contributed by atoms with Crippen LogP contribution < -0.4 is 27.9 Å². The smallest absolute Gasteiger partial charge is 0.231 e. The average molecular weight is 277 g/mol. The van der Waals surface area contributed by atoms with Crippen LogP contribution in [0.1, 0.15) is 0 Å². The van der Waals surface area contributed by atoms with Gasteiger partial charge in [0.05, 0.1) is 0 Å². The Morgan fingerprint density at radius 3 is 2.05 bits per heavy atom. The fourth-order valence-corrected chi connectivity index (χ4v) is 1.86. The molecule has 1 aromatic heterocycles. The van der Waals surface area contributed by atoms with Crippen LogP contribution in [0.3, 0.4) is 0 Å². The third kappa shape index (κ3) is 3.47. The summed E-state index contributed by atoms with van der Waals surface area (Å²) >= 11 is 1.68. The SMILES string of the molecule is CSc1ccc(Nc2nc(NN)cc(NN)n2)cc1. The molecular weight excluding hydrogens is 262 g/mol. The van der Waals surface area contributed by atoms with E-state index >= 15 is 0 Å². The van der Waals surface area contributed by atoms with Crippen molar-refractivity contribution in [2.45, 2.75) is 4.90 Å². The molecule has 0 aliphatic heterocycles. The number of nitrogens with zero attached hydrogens (tertiary/aromatic N) is 2. The molecule has 0 spiro atoms. The first-order valence-corrected chi connectivity index (χ1v) is 6.71. The second-order valence-corrected chi connectivity index (χ2v) is 4.48. The van der Waals surface area contributed by atoms with Crippen LogP contribution in [0.15, 0.2) is 35.2 Å². The van der Waals surface area contributed by atoms with Gasteiger partial charge in [-0.25, -0.2) is 11.7 Å². The molecule has 7 nitrogen and oxygen atoms in total. The van der Waals surface area contributed by atoms with E-state index in [1.54, 1.807) is 17.8 Å². The van der Waals surface area contributed by atoms with Gasteiger partial charge in [-0.1, -0.05) is 0 Å². The minimum atomic E-state index is 0.403. The van der Waals surface area contributed by atoms with Crippen molar-refractivity contribution in [1.29, 1.82) is 0 Å². The van der Waals surface area contributed by atoms with Gasteiger partial charge < -0.3 is 16.2 Å². The quantitative estimate of drug-likeness (QED) is 0.317. The summed E-state index contributed by atoms with van der Waals surface area (Å²) < 4.78 is 0. The van der Waals surface area contributed by atoms with Crippen molar-refractivity contribution in [2.75, 3.05) is 22.4 Å². The zero-order valence-electron chi connectivity index (χ0n) is 10.3. The van der Waals surface area contributed by atoms with Gasteiger partial charge in [-0.2, -0.15) is 9.97 Å². The van der Waals surface area contributed by atoms with Gasteiger partial charge in [0, 0.05) is 16.6 Å². The second kappa shape index (κ2) is 6.23. The predicted octanol–water partition coefficient (Wildman–Crippen LogP) is 1.51. The van der Waals surface area contributed by atoms with Gasteiger partial charge in [-0.05, 0) is 30.5 Å². The number of hydrogen-bond donors (Lipinski definition) is 5. The number of benzene rings is 1. The maximum absolute atomic E-state index is 5.33. The lowest BCUT2D eigenvalue weighted by molar-refractivity contribution is 1.12.